The number of alkyl halides is 3. The van der Waals surface area contributed by atoms with Crippen molar-refractivity contribution in [2.75, 3.05) is 17.9 Å². The van der Waals surface area contributed by atoms with Gasteiger partial charge in [-0.1, -0.05) is 26.8 Å². The molecule has 0 fully saturated rings. The lowest BCUT2D eigenvalue weighted by Crippen LogP contribution is -3.11. The zero-order chi connectivity index (χ0) is 27.7. The first-order valence-corrected chi connectivity index (χ1v) is 13.7. The number of ether oxygens (including phenoxy) is 1. The second-order valence-electron chi connectivity index (χ2n) is 10.5. The van der Waals surface area contributed by atoms with Crippen LogP contribution in [0.5, 0.6) is 5.88 Å². The molecule has 3 heterocycles. The van der Waals surface area contributed by atoms with Crippen molar-refractivity contribution in [3.63, 3.8) is 0 Å². The Morgan fingerprint density at radius 1 is 1.05 bits per heavy atom. The predicted octanol–water partition coefficient (Wildman–Crippen LogP) is 3.61. The van der Waals surface area contributed by atoms with Gasteiger partial charge in [-0.25, -0.2) is 13.4 Å². The van der Waals surface area contributed by atoms with Crippen molar-refractivity contribution in [1.29, 1.82) is 0 Å². The number of fused-ring (bicyclic) bond motifs is 1. The molecule has 3 aromatic rings. The number of nitrogens with zero attached hydrogens (tertiary/aromatic N) is 3. The van der Waals surface area contributed by atoms with Crippen molar-refractivity contribution < 1.29 is 31.2 Å². The molecule has 0 spiro atoms. The van der Waals surface area contributed by atoms with Crippen LogP contribution < -0.4 is 14.4 Å². The van der Waals surface area contributed by atoms with Crippen molar-refractivity contribution in [2.24, 2.45) is 0 Å². The largest absolute Gasteiger partial charge is 0.468 e. The first-order valence-electron chi connectivity index (χ1n) is 12.2. The molecule has 1 aromatic carbocycles. The first kappa shape index (κ1) is 27.8. The SMILES string of the molecule is CC(c1ccc(OCC(F)(F)F)nc1)[NH+]1CCc2ccc(S(=O)(=O)Nc3ccc(C(C)(C)C)nn3)cc2C1. The molecule has 0 radical (unpaired) electrons. The van der Waals surface area contributed by atoms with Crippen LogP contribution in [0.15, 0.2) is 53.6 Å². The Morgan fingerprint density at radius 3 is 2.42 bits per heavy atom. The molecule has 1 aliphatic heterocycles. The summed E-state index contributed by atoms with van der Waals surface area (Å²) in [6, 6.07) is 11.6. The lowest BCUT2D eigenvalue weighted by atomic mass is 9.92. The molecular weight excluding hydrogens is 519 g/mol. The van der Waals surface area contributed by atoms with E-state index in [-0.39, 0.29) is 28.1 Å². The van der Waals surface area contributed by atoms with Gasteiger partial charge in [-0.2, -0.15) is 18.3 Å². The molecule has 2 unspecified atom stereocenters. The third kappa shape index (κ3) is 6.79. The number of anilines is 1. The number of rotatable bonds is 7. The summed E-state index contributed by atoms with van der Waals surface area (Å²) in [4.78, 5) is 5.34. The minimum Gasteiger partial charge on any atom is -0.468 e. The van der Waals surface area contributed by atoms with Gasteiger partial charge in [-0.15, -0.1) is 5.10 Å². The van der Waals surface area contributed by atoms with Crippen LogP contribution in [0.2, 0.25) is 0 Å². The fourth-order valence-electron chi connectivity index (χ4n) is 4.28. The molecule has 0 saturated carbocycles. The second kappa shape index (κ2) is 10.5. The Morgan fingerprint density at radius 2 is 1.82 bits per heavy atom. The normalized spacial score (nSPS) is 17.0. The molecule has 0 aliphatic carbocycles. The molecule has 1 aliphatic rings. The van der Waals surface area contributed by atoms with Gasteiger partial charge in [-0.05, 0) is 42.8 Å². The number of halogens is 3. The zero-order valence-electron chi connectivity index (χ0n) is 21.6. The van der Waals surface area contributed by atoms with E-state index in [2.05, 4.69) is 19.9 Å². The molecule has 0 saturated heterocycles. The standard InChI is InChI=1S/C26H30F3N5O3S/c1-17(19-6-10-24(30-14-19)37-16-26(27,28)29)34-12-11-18-5-7-21(13-20(18)15-34)38(35,36)33-23-9-8-22(31-32-23)25(2,3)4/h5-10,13-14,17H,11-12,15-16H2,1-4H3,(H,32,33)/p+1. The van der Waals surface area contributed by atoms with E-state index in [0.717, 1.165) is 35.3 Å². The van der Waals surface area contributed by atoms with Crippen LogP contribution in [0.25, 0.3) is 0 Å². The third-order valence-electron chi connectivity index (χ3n) is 6.55. The summed E-state index contributed by atoms with van der Waals surface area (Å²) >= 11 is 0. The van der Waals surface area contributed by atoms with E-state index in [0.29, 0.717) is 6.54 Å². The van der Waals surface area contributed by atoms with Gasteiger partial charge >= 0.3 is 6.18 Å². The number of sulfonamides is 1. The van der Waals surface area contributed by atoms with E-state index in [9.17, 15) is 21.6 Å². The van der Waals surface area contributed by atoms with Gasteiger partial charge in [0.15, 0.2) is 12.4 Å². The predicted molar refractivity (Wildman–Crippen MR) is 135 cm³/mol. The molecule has 204 valence electrons. The lowest BCUT2D eigenvalue weighted by Gasteiger charge is -2.31. The summed E-state index contributed by atoms with van der Waals surface area (Å²) in [6.07, 6.45) is -2.14. The van der Waals surface area contributed by atoms with Crippen LogP contribution in [0.3, 0.4) is 0 Å². The summed E-state index contributed by atoms with van der Waals surface area (Å²) in [6.45, 7) is 8.02. The Bertz CT molecular complexity index is 1370. The van der Waals surface area contributed by atoms with Gasteiger partial charge < -0.3 is 9.64 Å². The molecule has 2 N–H and O–H groups in total. The van der Waals surface area contributed by atoms with E-state index in [1.807, 2.05) is 33.8 Å². The molecule has 8 nitrogen and oxygen atoms in total. The van der Waals surface area contributed by atoms with Crippen LogP contribution in [-0.2, 0) is 28.4 Å². The average Bonchev–Trinajstić information content (AvgIpc) is 2.86. The molecule has 12 heteroatoms. The summed E-state index contributed by atoms with van der Waals surface area (Å²) in [5.41, 5.74) is 3.42. The average molecular weight is 551 g/mol. The number of hydrogen-bond donors (Lipinski definition) is 2. The molecule has 4 rings (SSSR count). The van der Waals surface area contributed by atoms with Crippen molar-refractivity contribution in [1.82, 2.24) is 15.2 Å². The molecule has 38 heavy (non-hydrogen) atoms. The lowest BCUT2D eigenvalue weighted by molar-refractivity contribution is -0.945. The highest BCUT2D eigenvalue weighted by atomic mass is 32.2. The topological polar surface area (TPSA) is 98.5 Å². The number of aromatic nitrogens is 3. The third-order valence-corrected chi connectivity index (χ3v) is 7.90. The monoisotopic (exact) mass is 550 g/mol. The van der Waals surface area contributed by atoms with Gasteiger partial charge in [0.25, 0.3) is 10.0 Å². The highest BCUT2D eigenvalue weighted by Gasteiger charge is 2.30. The Labute approximate surface area is 220 Å². The first-order chi connectivity index (χ1) is 17.7. The molecule has 2 atom stereocenters. The maximum absolute atomic E-state index is 13.1. The van der Waals surface area contributed by atoms with Gasteiger partial charge in [-0.3, -0.25) is 4.72 Å². The van der Waals surface area contributed by atoms with Gasteiger partial charge in [0, 0.05) is 35.2 Å². The van der Waals surface area contributed by atoms with Crippen LogP contribution in [0, 0.1) is 0 Å². The Balaban J connectivity index is 1.45. The van der Waals surface area contributed by atoms with E-state index >= 15 is 0 Å². The number of pyridine rings is 1. The summed E-state index contributed by atoms with van der Waals surface area (Å²) in [7, 11) is -3.87. The number of quaternary nitrogens is 1. The molecule has 0 amide bonds. The van der Waals surface area contributed by atoms with Crippen LogP contribution in [0.4, 0.5) is 19.0 Å². The summed E-state index contributed by atoms with van der Waals surface area (Å²) in [5.74, 6) is 0.0594. The second-order valence-corrected chi connectivity index (χ2v) is 12.2. The van der Waals surface area contributed by atoms with Gasteiger partial charge in [0.1, 0.15) is 12.6 Å². The number of benzene rings is 1. The van der Waals surface area contributed by atoms with Crippen molar-refractivity contribution in [3.8, 4) is 5.88 Å². The Hall–Kier alpha value is -3.25. The highest BCUT2D eigenvalue weighted by Crippen LogP contribution is 2.24. The number of nitrogens with one attached hydrogen (secondary N) is 2. The van der Waals surface area contributed by atoms with Crippen molar-refractivity contribution >= 4 is 15.8 Å². The van der Waals surface area contributed by atoms with Gasteiger partial charge in [0.2, 0.25) is 5.88 Å². The molecule has 2 aromatic heterocycles. The summed E-state index contributed by atoms with van der Waals surface area (Å²) in [5, 5.41) is 8.17. The minimum absolute atomic E-state index is 0.0118. The molecule has 0 bridgehead atoms. The quantitative estimate of drug-likeness (QED) is 0.467. The fraction of sp³-hybridized carbons (Fsp3) is 0.423. The van der Waals surface area contributed by atoms with E-state index in [4.69, 9.17) is 4.74 Å². The van der Waals surface area contributed by atoms with Crippen LogP contribution >= 0.6 is 0 Å². The highest BCUT2D eigenvalue weighted by molar-refractivity contribution is 7.92. The fourth-order valence-corrected chi connectivity index (χ4v) is 5.33. The minimum atomic E-state index is -4.43. The van der Waals surface area contributed by atoms with Gasteiger partial charge in [0.05, 0.1) is 17.1 Å². The molecular formula is C26H31F3N5O3S+. The van der Waals surface area contributed by atoms with E-state index in [1.54, 1.807) is 30.3 Å². The van der Waals surface area contributed by atoms with Crippen molar-refractivity contribution in [2.45, 2.75) is 63.2 Å². The zero-order valence-corrected chi connectivity index (χ0v) is 22.4. The maximum Gasteiger partial charge on any atom is 0.422 e. The van der Waals surface area contributed by atoms with Crippen molar-refractivity contribution in [3.05, 3.63) is 71.0 Å². The van der Waals surface area contributed by atoms with E-state index < -0.39 is 22.8 Å². The number of hydrogen-bond acceptors (Lipinski definition) is 6. The van der Waals surface area contributed by atoms with E-state index in [1.165, 1.54) is 17.2 Å². The maximum atomic E-state index is 13.1. The van der Waals surface area contributed by atoms with Crippen LogP contribution in [0.1, 0.15) is 56.1 Å². The summed E-state index contributed by atoms with van der Waals surface area (Å²) < 4.78 is 70.5. The Kier molecular flexibility index (Phi) is 7.67. The smallest absolute Gasteiger partial charge is 0.422 e. The van der Waals surface area contributed by atoms with Crippen LogP contribution in [-0.4, -0.2) is 42.9 Å².